The normalized spacial score (nSPS) is 13.7. The van der Waals surface area contributed by atoms with Crippen molar-refractivity contribution in [2.75, 3.05) is 6.54 Å². The van der Waals surface area contributed by atoms with E-state index in [1.165, 1.54) is 4.57 Å². The van der Waals surface area contributed by atoms with Crippen LogP contribution in [-0.2, 0) is 24.9 Å². The summed E-state index contributed by atoms with van der Waals surface area (Å²) in [5, 5.41) is 22.0. The van der Waals surface area contributed by atoms with Crippen molar-refractivity contribution in [1.29, 1.82) is 0 Å². The number of aliphatic hydroxyl groups is 1. The Balaban J connectivity index is 1.20. The van der Waals surface area contributed by atoms with E-state index in [-0.39, 0.29) is 12.6 Å². The van der Waals surface area contributed by atoms with E-state index in [1.807, 2.05) is 13.1 Å². The molecule has 4 heterocycles. The first-order valence-corrected chi connectivity index (χ1v) is 10.6. The zero-order valence-electron chi connectivity index (χ0n) is 18.6. The second-order valence-corrected chi connectivity index (χ2v) is 8.06. The van der Waals surface area contributed by atoms with Gasteiger partial charge in [-0.25, -0.2) is 19.3 Å². The Bertz CT molecular complexity index is 1420. The van der Waals surface area contributed by atoms with Crippen molar-refractivity contribution in [3.8, 4) is 17.2 Å². The molecule has 11 nitrogen and oxygen atoms in total. The van der Waals surface area contributed by atoms with Crippen LogP contribution in [0.2, 0.25) is 0 Å². The minimum atomic E-state index is -0.724. The molecule has 1 aliphatic heterocycles. The van der Waals surface area contributed by atoms with Gasteiger partial charge in [-0.2, -0.15) is 5.10 Å². The van der Waals surface area contributed by atoms with Gasteiger partial charge in [0.1, 0.15) is 6.61 Å². The third-order valence-corrected chi connectivity index (χ3v) is 5.91. The number of benzene rings is 1. The average molecular weight is 462 g/mol. The van der Waals surface area contributed by atoms with Crippen LogP contribution < -0.4 is 11.1 Å². The molecule has 0 unspecified atom stereocenters. The number of rotatable bonds is 7. The standard InChI is InChI=1S/C23H22N6O5/c1-13-16(4-5-17-18(13)12-33-22(17)31)19(30)10-24-7-14-8-26-29(11-14)20-6-3-15(9-25-20)21-27-34-23(32)28(21)2/h3-6,8-9,11,19,24,30H,7,10,12H2,1-2H3/t19-/m0/s1. The summed E-state index contributed by atoms with van der Waals surface area (Å²) in [6.45, 7) is 2.98. The van der Waals surface area contributed by atoms with E-state index < -0.39 is 11.9 Å². The van der Waals surface area contributed by atoms with E-state index in [2.05, 4.69) is 25.1 Å². The third-order valence-electron chi connectivity index (χ3n) is 5.91. The van der Waals surface area contributed by atoms with E-state index in [0.717, 1.165) is 22.3 Å². The lowest BCUT2D eigenvalue weighted by Crippen LogP contribution is -2.21. The number of nitrogens with one attached hydrogen (secondary N) is 1. The molecule has 0 saturated heterocycles. The molecule has 1 atom stereocenters. The maximum absolute atomic E-state index is 11.7. The number of aromatic nitrogens is 5. The van der Waals surface area contributed by atoms with Crippen LogP contribution in [-0.4, -0.2) is 42.1 Å². The predicted molar refractivity (Wildman–Crippen MR) is 119 cm³/mol. The van der Waals surface area contributed by atoms with Gasteiger partial charge < -0.3 is 15.2 Å². The largest absolute Gasteiger partial charge is 0.457 e. The van der Waals surface area contributed by atoms with Crippen LogP contribution in [0.5, 0.6) is 0 Å². The van der Waals surface area contributed by atoms with Crippen molar-refractivity contribution < 1.29 is 19.2 Å². The van der Waals surface area contributed by atoms with Gasteiger partial charge in [-0.3, -0.25) is 9.09 Å². The van der Waals surface area contributed by atoms with Crippen molar-refractivity contribution in [2.45, 2.75) is 26.2 Å². The first-order valence-electron chi connectivity index (χ1n) is 10.6. The van der Waals surface area contributed by atoms with Gasteiger partial charge in [0.05, 0.1) is 17.9 Å². The van der Waals surface area contributed by atoms with Gasteiger partial charge in [-0.1, -0.05) is 11.2 Å². The Hall–Kier alpha value is -4.09. The molecule has 5 rings (SSSR count). The third kappa shape index (κ3) is 3.91. The minimum Gasteiger partial charge on any atom is -0.457 e. The fourth-order valence-electron chi connectivity index (χ4n) is 3.96. The van der Waals surface area contributed by atoms with Gasteiger partial charge in [0.15, 0.2) is 11.6 Å². The highest BCUT2D eigenvalue weighted by Crippen LogP contribution is 2.28. The molecule has 0 aliphatic carbocycles. The average Bonchev–Trinajstić information content (AvgIpc) is 3.55. The fourth-order valence-corrected chi connectivity index (χ4v) is 3.96. The van der Waals surface area contributed by atoms with Gasteiger partial charge in [-0.05, 0) is 36.2 Å². The number of ether oxygens (including phenoxy) is 1. The van der Waals surface area contributed by atoms with E-state index in [9.17, 15) is 14.7 Å². The van der Waals surface area contributed by atoms with Crippen LogP contribution in [0.15, 0.2) is 52.2 Å². The molecule has 0 amide bonds. The zero-order valence-corrected chi connectivity index (χ0v) is 18.6. The summed E-state index contributed by atoms with van der Waals surface area (Å²) < 4.78 is 12.7. The van der Waals surface area contributed by atoms with Gasteiger partial charge in [-0.15, -0.1) is 0 Å². The number of carbonyl (C=O) groups is 1. The summed E-state index contributed by atoms with van der Waals surface area (Å²) in [5.74, 6) is 0.144. The van der Waals surface area contributed by atoms with Gasteiger partial charge >= 0.3 is 11.7 Å². The zero-order chi connectivity index (χ0) is 23.8. The smallest absolute Gasteiger partial charge is 0.441 e. The van der Waals surface area contributed by atoms with Gasteiger partial charge in [0.25, 0.3) is 0 Å². The van der Waals surface area contributed by atoms with Crippen molar-refractivity contribution in [2.24, 2.45) is 7.05 Å². The molecule has 0 fully saturated rings. The molecule has 4 aromatic rings. The summed E-state index contributed by atoms with van der Waals surface area (Å²) >= 11 is 0. The maximum Gasteiger partial charge on any atom is 0.441 e. The fraction of sp³-hybridized carbons (Fsp3) is 0.261. The summed E-state index contributed by atoms with van der Waals surface area (Å²) in [5.41, 5.74) is 4.63. The molecule has 174 valence electrons. The number of aliphatic hydroxyl groups excluding tert-OH is 1. The summed E-state index contributed by atoms with van der Waals surface area (Å²) in [6.07, 6.45) is 4.44. The molecular weight excluding hydrogens is 440 g/mol. The lowest BCUT2D eigenvalue weighted by Gasteiger charge is -2.16. The Morgan fingerprint density at radius 1 is 1.21 bits per heavy atom. The highest BCUT2D eigenvalue weighted by atomic mass is 16.5. The molecule has 34 heavy (non-hydrogen) atoms. The molecular formula is C23H22N6O5. The van der Waals surface area contributed by atoms with Crippen LogP contribution in [0.3, 0.4) is 0 Å². The summed E-state index contributed by atoms with van der Waals surface area (Å²) in [7, 11) is 1.58. The lowest BCUT2D eigenvalue weighted by atomic mass is 9.95. The van der Waals surface area contributed by atoms with E-state index >= 15 is 0 Å². The second kappa shape index (κ2) is 8.69. The van der Waals surface area contributed by atoms with E-state index in [4.69, 9.17) is 4.74 Å². The minimum absolute atomic E-state index is 0.249. The topological polar surface area (TPSA) is 137 Å². The number of hydrogen-bond acceptors (Lipinski definition) is 9. The number of carbonyl (C=O) groups excluding carboxylic acids is 1. The van der Waals surface area contributed by atoms with Crippen LogP contribution in [0, 0.1) is 6.92 Å². The Labute approximate surface area is 193 Å². The number of fused-ring (bicyclic) bond motifs is 1. The van der Waals surface area contributed by atoms with Crippen LogP contribution >= 0.6 is 0 Å². The SMILES string of the molecule is Cc1c([C@@H](O)CNCc2cnn(-c3ccc(-c4noc(=O)n4C)cn3)c2)ccc2c1COC2=O. The van der Waals surface area contributed by atoms with Crippen LogP contribution in [0.25, 0.3) is 17.2 Å². The maximum atomic E-state index is 11.7. The van der Waals surface area contributed by atoms with Crippen LogP contribution in [0.1, 0.15) is 38.7 Å². The number of esters is 1. The van der Waals surface area contributed by atoms with Crippen molar-refractivity contribution in [3.05, 3.63) is 81.2 Å². The van der Waals surface area contributed by atoms with Crippen molar-refractivity contribution in [3.63, 3.8) is 0 Å². The highest BCUT2D eigenvalue weighted by Gasteiger charge is 2.25. The molecule has 11 heteroatoms. The molecule has 2 N–H and O–H groups in total. The summed E-state index contributed by atoms with van der Waals surface area (Å²) in [4.78, 5) is 27.5. The number of pyridine rings is 1. The van der Waals surface area contributed by atoms with E-state index in [1.54, 1.807) is 48.4 Å². The molecule has 0 saturated carbocycles. The highest BCUT2D eigenvalue weighted by molar-refractivity contribution is 5.93. The Morgan fingerprint density at radius 3 is 2.79 bits per heavy atom. The lowest BCUT2D eigenvalue weighted by molar-refractivity contribution is 0.0535. The van der Waals surface area contributed by atoms with Crippen molar-refractivity contribution >= 4 is 5.97 Å². The van der Waals surface area contributed by atoms with Gasteiger partial charge in [0.2, 0.25) is 0 Å². The number of cyclic esters (lactones) is 1. The number of nitrogens with zero attached hydrogens (tertiary/aromatic N) is 5. The van der Waals surface area contributed by atoms with Crippen LogP contribution in [0.4, 0.5) is 0 Å². The molecule has 0 bridgehead atoms. The number of hydrogen-bond donors (Lipinski definition) is 2. The summed E-state index contributed by atoms with van der Waals surface area (Å²) in [6, 6.07) is 7.04. The molecule has 0 spiro atoms. The Kier molecular flexibility index (Phi) is 5.56. The first kappa shape index (κ1) is 21.7. The monoisotopic (exact) mass is 462 g/mol. The Morgan fingerprint density at radius 2 is 2.06 bits per heavy atom. The molecule has 1 aliphatic rings. The quantitative estimate of drug-likeness (QED) is 0.391. The first-order chi connectivity index (χ1) is 16.4. The molecule has 0 radical (unpaired) electrons. The van der Waals surface area contributed by atoms with E-state index in [0.29, 0.717) is 35.9 Å². The second-order valence-electron chi connectivity index (χ2n) is 8.06. The molecule has 1 aromatic carbocycles. The van der Waals surface area contributed by atoms with Gasteiger partial charge in [0, 0.05) is 49.2 Å². The predicted octanol–water partition coefficient (Wildman–Crippen LogP) is 1.42. The van der Waals surface area contributed by atoms with Crippen molar-refractivity contribution in [1.82, 2.24) is 29.8 Å². The molecule has 3 aromatic heterocycles.